The van der Waals surface area contributed by atoms with Crippen molar-refractivity contribution in [3.05, 3.63) is 59.3 Å². The number of rotatable bonds is 2. The molecule has 0 spiro atoms. The molecule has 3 aromatic rings. The molecule has 19 heavy (non-hydrogen) atoms. The van der Waals surface area contributed by atoms with E-state index in [0.717, 1.165) is 26.7 Å². The number of benzene rings is 2. The fourth-order valence-electron chi connectivity index (χ4n) is 2.16. The van der Waals surface area contributed by atoms with Crippen molar-refractivity contribution in [2.45, 2.75) is 0 Å². The summed E-state index contributed by atoms with van der Waals surface area (Å²) in [5.41, 5.74) is 2.22. The van der Waals surface area contributed by atoms with Gasteiger partial charge in [-0.25, -0.2) is 0 Å². The summed E-state index contributed by atoms with van der Waals surface area (Å²) in [7, 11) is 1.68. The first-order chi connectivity index (χ1) is 9.28. The molecule has 0 unspecified atom stereocenters. The molecule has 94 valence electrons. The molecule has 0 saturated heterocycles. The molecule has 0 aliphatic rings. The minimum atomic E-state index is 0.851. The number of pyridine rings is 1. The molecule has 3 rings (SSSR count). The first-order valence-corrected chi connectivity index (χ1v) is 6.75. The molecule has 0 fully saturated rings. The van der Waals surface area contributed by atoms with Crippen LogP contribution in [-0.2, 0) is 0 Å². The van der Waals surface area contributed by atoms with E-state index in [1.54, 1.807) is 7.11 Å². The van der Waals surface area contributed by atoms with Gasteiger partial charge in [0.05, 0.1) is 7.11 Å². The molecular formula is C16H12BrNO. The van der Waals surface area contributed by atoms with Gasteiger partial charge >= 0.3 is 0 Å². The molecule has 2 aromatic carbocycles. The van der Waals surface area contributed by atoms with Gasteiger partial charge in [0.2, 0.25) is 0 Å². The molecule has 0 radical (unpaired) electrons. The molecule has 3 heteroatoms. The van der Waals surface area contributed by atoms with Crippen molar-refractivity contribution in [2.24, 2.45) is 0 Å². The van der Waals surface area contributed by atoms with Crippen molar-refractivity contribution >= 4 is 26.7 Å². The number of halogens is 1. The first kappa shape index (κ1) is 12.2. The molecule has 0 N–H and O–H groups in total. The molecule has 0 amide bonds. The Morgan fingerprint density at radius 3 is 2.79 bits per heavy atom. The maximum atomic E-state index is 5.28. The summed E-state index contributed by atoms with van der Waals surface area (Å²) >= 11 is 3.52. The van der Waals surface area contributed by atoms with Gasteiger partial charge in [0.1, 0.15) is 5.75 Å². The quantitative estimate of drug-likeness (QED) is 0.685. The Morgan fingerprint density at radius 2 is 1.95 bits per heavy atom. The van der Waals surface area contributed by atoms with E-state index < -0.39 is 0 Å². The molecule has 1 heterocycles. The second-order valence-electron chi connectivity index (χ2n) is 4.28. The fraction of sp³-hybridized carbons (Fsp3) is 0.0625. The SMILES string of the molecule is COc1cccc(-c2cncc3ccc(Br)cc23)c1. The lowest BCUT2D eigenvalue weighted by Crippen LogP contribution is -1.86. The largest absolute Gasteiger partial charge is 0.497 e. The molecular weight excluding hydrogens is 302 g/mol. The van der Waals surface area contributed by atoms with E-state index in [9.17, 15) is 0 Å². The Balaban J connectivity index is 2.26. The van der Waals surface area contributed by atoms with Gasteiger partial charge in [0.25, 0.3) is 0 Å². The van der Waals surface area contributed by atoms with Crippen LogP contribution in [0.2, 0.25) is 0 Å². The van der Waals surface area contributed by atoms with Gasteiger partial charge in [0.15, 0.2) is 0 Å². The number of aromatic nitrogens is 1. The molecule has 1 aromatic heterocycles. The van der Waals surface area contributed by atoms with Crippen molar-refractivity contribution in [1.82, 2.24) is 4.98 Å². The highest BCUT2D eigenvalue weighted by atomic mass is 79.9. The number of fused-ring (bicyclic) bond motifs is 1. The van der Waals surface area contributed by atoms with E-state index >= 15 is 0 Å². The van der Waals surface area contributed by atoms with Crippen molar-refractivity contribution in [1.29, 1.82) is 0 Å². The molecule has 0 aliphatic carbocycles. The number of hydrogen-bond donors (Lipinski definition) is 0. The van der Waals surface area contributed by atoms with Gasteiger partial charge in [-0.05, 0) is 35.2 Å². The molecule has 0 atom stereocenters. The fourth-order valence-corrected chi connectivity index (χ4v) is 2.52. The summed E-state index contributed by atoms with van der Waals surface area (Å²) in [4.78, 5) is 4.32. The summed E-state index contributed by atoms with van der Waals surface area (Å²) in [5, 5.41) is 2.31. The van der Waals surface area contributed by atoms with Gasteiger partial charge in [0, 0.05) is 27.8 Å². The van der Waals surface area contributed by atoms with Crippen molar-refractivity contribution in [3.63, 3.8) is 0 Å². The summed E-state index contributed by atoms with van der Waals surface area (Å²) in [5.74, 6) is 0.851. The third-order valence-electron chi connectivity index (χ3n) is 3.10. The van der Waals surface area contributed by atoms with E-state index in [0.29, 0.717) is 0 Å². The molecule has 0 aliphatic heterocycles. The van der Waals surface area contributed by atoms with E-state index in [-0.39, 0.29) is 0 Å². The van der Waals surface area contributed by atoms with Crippen LogP contribution in [0.4, 0.5) is 0 Å². The van der Waals surface area contributed by atoms with Crippen molar-refractivity contribution in [3.8, 4) is 16.9 Å². The second kappa shape index (κ2) is 5.02. The predicted octanol–water partition coefficient (Wildman–Crippen LogP) is 4.67. The van der Waals surface area contributed by atoms with Crippen LogP contribution < -0.4 is 4.74 Å². The highest BCUT2D eigenvalue weighted by Gasteiger charge is 2.06. The van der Waals surface area contributed by atoms with E-state index in [1.165, 1.54) is 5.39 Å². The number of methoxy groups -OCH3 is 1. The molecule has 0 saturated carbocycles. The Labute approximate surface area is 120 Å². The molecule has 0 bridgehead atoms. The van der Waals surface area contributed by atoms with Crippen molar-refractivity contribution < 1.29 is 4.74 Å². The highest BCUT2D eigenvalue weighted by molar-refractivity contribution is 9.10. The van der Waals surface area contributed by atoms with Gasteiger partial charge < -0.3 is 4.74 Å². The maximum Gasteiger partial charge on any atom is 0.119 e. The lowest BCUT2D eigenvalue weighted by molar-refractivity contribution is 0.415. The zero-order valence-electron chi connectivity index (χ0n) is 10.4. The van der Waals surface area contributed by atoms with Crippen LogP contribution in [0.5, 0.6) is 5.75 Å². The van der Waals surface area contributed by atoms with Gasteiger partial charge in [-0.3, -0.25) is 4.98 Å². The van der Waals surface area contributed by atoms with E-state index in [4.69, 9.17) is 4.74 Å². The van der Waals surface area contributed by atoms with Gasteiger partial charge in [-0.1, -0.05) is 34.1 Å². The van der Waals surface area contributed by atoms with E-state index in [1.807, 2.05) is 36.7 Å². The monoisotopic (exact) mass is 313 g/mol. The van der Waals surface area contributed by atoms with Crippen LogP contribution in [-0.4, -0.2) is 12.1 Å². The van der Waals surface area contributed by atoms with Crippen molar-refractivity contribution in [2.75, 3.05) is 7.11 Å². The Morgan fingerprint density at radius 1 is 1.05 bits per heavy atom. The Hall–Kier alpha value is -1.87. The summed E-state index contributed by atoms with van der Waals surface area (Å²) in [6, 6.07) is 14.2. The third kappa shape index (κ3) is 2.34. The van der Waals surface area contributed by atoms with Crippen LogP contribution in [0.3, 0.4) is 0 Å². The lowest BCUT2D eigenvalue weighted by atomic mass is 10.0. The second-order valence-corrected chi connectivity index (χ2v) is 5.20. The Kier molecular flexibility index (Phi) is 3.22. The van der Waals surface area contributed by atoms with Crippen LogP contribution in [0.1, 0.15) is 0 Å². The topological polar surface area (TPSA) is 22.1 Å². The molecule has 2 nitrogen and oxygen atoms in total. The van der Waals surface area contributed by atoms with E-state index in [2.05, 4.69) is 39.1 Å². The number of nitrogens with zero attached hydrogens (tertiary/aromatic N) is 1. The number of ether oxygens (including phenoxy) is 1. The van der Waals surface area contributed by atoms with Crippen LogP contribution in [0, 0.1) is 0 Å². The average Bonchev–Trinajstić information content (AvgIpc) is 2.46. The maximum absolute atomic E-state index is 5.28. The summed E-state index contributed by atoms with van der Waals surface area (Å²) in [6.07, 6.45) is 3.77. The Bertz CT molecular complexity index is 740. The zero-order valence-corrected chi connectivity index (χ0v) is 12.0. The van der Waals surface area contributed by atoms with Crippen LogP contribution in [0.15, 0.2) is 59.3 Å². The normalized spacial score (nSPS) is 10.6. The smallest absolute Gasteiger partial charge is 0.119 e. The average molecular weight is 314 g/mol. The van der Waals surface area contributed by atoms with Gasteiger partial charge in [-0.2, -0.15) is 0 Å². The predicted molar refractivity (Wildman–Crippen MR) is 81.4 cm³/mol. The van der Waals surface area contributed by atoms with Crippen LogP contribution in [0.25, 0.3) is 21.9 Å². The minimum absolute atomic E-state index is 0.851. The van der Waals surface area contributed by atoms with Gasteiger partial charge in [-0.15, -0.1) is 0 Å². The highest BCUT2D eigenvalue weighted by Crippen LogP contribution is 2.31. The number of hydrogen-bond acceptors (Lipinski definition) is 2. The third-order valence-corrected chi connectivity index (χ3v) is 3.60. The summed E-state index contributed by atoms with van der Waals surface area (Å²) < 4.78 is 6.35. The lowest BCUT2D eigenvalue weighted by Gasteiger charge is -2.08. The van der Waals surface area contributed by atoms with Crippen LogP contribution >= 0.6 is 15.9 Å². The zero-order chi connectivity index (χ0) is 13.2. The minimum Gasteiger partial charge on any atom is -0.497 e. The first-order valence-electron chi connectivity index (χ1n) is 5.95. The summed E-state index contributed by atoms with van der Waals surface area (Å²) in [6.45, 7) is 0. The standard InChI is InChI=1S/C16H12BrNO/c1-19-14-4-2-3-11(7-14)16-10-18-9-12-5-6-13(17)8-15(12)16/h2-10H,1H3.